The Morgan fingerprint density at radius 1 is 1.13 bits per heavy atom. The fourth-order valence-corrected chi connectivity index (χ4v) is 2.00. The van der Waals surface area contributed by atoms with Crippen LogP contribution in [0.15, 0.2) is 36.7 Å². The largest absolute Gasteiger partial charge is 0.369 e. The molecule has 2 rings (SSSR count). The van der Waals surface area contributed by atoms with Gasteiger partial charge in [-0.25, -0.2) is 9.97 Å². The van der Waals surface area contributed by atoms with Crippen LogP contribution in [0.25, 0.3) is 0 Å². The summed E-state index contributed by atoms with van der Waals surface area (Å²) in [6.45, 7) is 7.72. The second kappa shape index (κ2) is 8.27. The van der Waals surface area contributed by atoms with Crippen LogP contribution < -0.4 is 10.6 Å². The van der Waals surface area contributed by atoms with Gasteiger partial charge in [-0.1, -0.05) is 43.7 Å². The minimum atomic E-state index is -0.216. The SMILES string of the molecule is Cc1ccc(CNC(=O)c2cnc(NCCC(C)C)cn2)cc1. The number of hydrogen-bond donors (Lipinski definition) is 2. The van der Waals surface area contributed by atoms with Gasteiger partial charge in [0.15, 0.2) is 0 Å². The highest BCUT2D eigenvalue weighted by Crippen LogP contribution is 2.05. The topological polar surface area (TPSA) is 66.9 Å². The fourth-order valence-electron chi connectivity index (χ4n) is 2.00. The van der Waals surface area contributed by atoms with Gasteiger partial charge in [0.25, 0.3) is 5.91 Å². The maximum absolute atomic E-state index is 12.1. The number of amides is 1. The Hall–Kier alpha value is -2.43. The van der Waals surface area contributed by atoms with Gasteiger partial charge in [-0.3, -0.25) is 4.79 Å². The van der Waals surface area contributed by atoms with E-state index >= 15 is 0 Å². The number of hydrogen-bond acceptors (Lipinski definition) is 4. The summed E-state index contributed by atoms with van der Waals surface area (Å²) in [6, 6.07) is 8.06. The summed E-state index contributed by atoms with van der Waals surface area (Å²) < 4.78 is 0. The molecule has 0 aliphatic carbocycles. The van der Waals surface area contributed by atoms with E-state index in [-0.39, 0.29) is 5.91 Å². The van der Waals surface area contributed by atoms with Crippen LogP contribution in [-0.2, 0) is 6.54 Å². The highest BCUT2D eigenvalue weighted by Gasteiger charge is 2.07. The molecule has 0 aliphatic rings. The van der Waals surface area contributed by atoms with E-state index in [9.17, 15) is 4.79 Å². The van der Waals surface area contributed by atoms with E-state index in [1.54, 1.807) is 6.20 Å². The lowest BCUT2D eigenvalue weighted by Crippen LogP contribution is -2.24. The van der Waals surface area contributed by atoms with Gasteiger partial charge in [-0.05, 0) is 24.8 Å². The number of nitrogens with one attached hydrogen (secondary N) is 2. The average molecular weight is 312 g/mol. The van der Waals surface area contributed by atoms with Crippen molar-refractivity contribution in [3.8, 4) is 0 Å². The Morgan fingerprint density at radius 3 is 2.48 bits per heavy atom. The molecule has 1 aromatic carbocycles. The summed E-state index contributed by atoms with van der Waals surface area (Å²) in [7, 11) is 0. The fraction of sp³-hybridized carbons (Fsp3) is 0.389. The number of aryl methyl sites for hydroxylation is 1. The molecule has 0 atom stereocenters. The molecular formula is C18H24N4O. The number of carbonyl (C=O) groups excluding carboxylic acids is 1. The molecule has 0 saturated heterocycles. The number of nitrogens with zero attached hydrogens (tertiary/aromatic N) is 2. The molecule has 1 aromatic heterocycles. The van der Waals surface area contributed by atoms with Crippen LogP contribution in [0.4, 0.5) is 5.82 Å². The Kier molecular flexibility index (Phi) is 6.09. The minimum absolute atomic E-state index is 0.216. The van der Waals surface area contributed by atoms with Gasteiger partial charge in [0.2, 0.25) is 0 Å². The summed E-state index contributed by atoms with van der Waals surface area (Å²) in [5, 5.41) is 6.05. The van der Waals surface area contributed by atoms with Crippen molar-refractivity contribution in [3.63, 3.8) is 0 Å². The summed E-state index contributed by atoms with van der Waals surface area (Å²) in [4.78, 5) is 20.5. The van der Waals surface area contributed by atoms with Crippen LogP contribution in [0.5, 0.6) is 0 Å². The quantitative estimate of drug-likeness (QED) is 0.824. The molecule has 0 aliphatic heterocycles. The number of anilines is 1. The normalized spacial score (nSPS) is 10.6. The van der Waals surface area contributed by atoms with Crippen molar-refractivity contribution in [2.75, 3.05) is 11.9 Å². The first-order chi connectivity index (χ1) is 11.0. The highest BCUT2D eigenvalue weighted by molar-refractivity contribution is 5.91. The van der Waals surface area contributed by atoms with Crippen LogP contribution in [0.3, 0.4) is 0 Å². The van der Waals surface area contributed by atoms with E-state index in [1.807, 2.05) is 31.2 Å². The van der Waals surface area contributed by atoms with Crippen LogP contribution in [-0.4, -0.2) is 22.4 Å². The predicted molar refractivity (Wildman–Crippen MR) is 92.3 cm³/mol. The van der Waals surface area contributed by atoms with Crippen LogP contribution in [0, 0.1) is 12.8 Å². The van der Waals surface area contributed by atoms with E-state index < -0.39 is 0 Å². The zero-order chi connectivity index (χ0) is 16.7. The first-order valence-corrected chi connectivity index (χ1v) is 7.94. The first kappa shape index (κ1) is 16.9. The Balaban J connectivity index is 1.83. The lowest BCUT2D eigenvalue weighted by atomic mass is 10.1. The molecule has 23 heavy (non-hydrogen) atoms. The van der Waals surface area contributed by atoms with Gasteiger partial charge in [0.1, 0.15) is 11.5 Å². The average Bonchev–Trinajstić information content (AvgIpc) is 2.54. The van der Waals surface area contributed by atoms with Crippen molar-refractivity contribution in [2.24, 2.45) is 5.92 Å². The second-order valence-corrected chi connectivity index (χ2v) is 6.06. The summed E-state index contributed by atoms with van der Waals surface area (Å²) in [6.07, 6.45) is 4.17. The van der Waals surface area contributed by atoms with E-state index in [0.29, 0.717) is 24.0 Å². The summed E-state index contributed by atoms with van der Waals surface area (Å²) in [5.41, 5.74) is 2.59. The maximum atomic E-state index is 12.1. The van der Waals surface area contributed by atoms with Crippen LogP contribution in [0.2, 0.25) is 0 Å². The highest BCUT2D eigenvalue weighted by atomic mass is 16.1. The van der Waals surface area contributed by atoms with Crippen molar-refractivity contribution >= 4 is 11.7 Å². The molecule has 5 heteroatoms. The molecule has 2 aromatic rings. The Morgan fingerprint density at radius 2 is 1.87 bits per heavy atom. The van der Waals surface area contributed by atoms with Gasteiger partial charge >= 0.3 is 0 Å². The third kappa shape index (κ3) is 5.70. The van der Waals surface area contributed by atoms with Crippen LogP contribution >= 0.6 is 0 Å². The maximum Gasteiger partial charge on any atom is 0.271 e. The number of rotatable bonds is 7. The van der Waals surface area contributed by atoms with Crippen molar-refractivity contribution < 1.29 is 4.79 Å². The molecule has 0 fully saturated rings. The van der Waals surface area contributed by atoms with E-state index in [2.05, 4.69) is 34.4 Å². The first-order valence-electron chi connectivity index (χ1n) is 7.94. The smallest absolute Gasteiger partial charge is 0.271 e. The zero-order valence-electron chi connectivity index (χ0n) is 14.0. The van der Waals surface area contributed by atoms with E-state index in [1.165, 1.54) is 11.8 Å². The van der Waals surface area contributed by atoms with Gasteiger partial charge in [-0.2, -0.15) is 0 Å². The molecule has 1 heterocycles. The van der Waals surface area contributed by atoms with E-state index in [0.717, 1.165) is 18.5 Å². The van der Waals surface area contributed by atoms with Crippen molar-refractivity contribution in [3.05, 3.63) is 53.5 Å². The number of aromatic nitrogens is 2. The summed E-state index contributed by atoms with van der Waals surface area (Å²) in [5.74, 6) is 1.12. The Bertz CT molecular complexity index is 620. The molecule has 0 radical (unpaired) electrons. The third-order valence-electron chi connectivity index (χ3n) is 3.49. The van der Waals surface area contributed by atoms with Crippen molar-refractivity contribution in [1.29, 1.82) is 0 Å². The van der Waals surface area contributed by atoms with E-state index in [4.69, 9.17) is 0 Å². The lowest BCUT2D eigenvalue weighted by Gasteiger charge is -2.08. The third-order valence-corrected chi connectivity index (χ3v) is 3.49. The predicted octanol–water partition coefficient (Wildman–Crippen LogP) is 3.17. The molecule has 0 bridgehead atoms. The molecule has 0 unspecified atom stereocenters. The molecule has 5 nitrogen and oxygen atoms in total. The zero-order valence-corrected chi connectivity index (χ0v) is 14.0. The molecule has 122 valence electrons. The van der Waals surface area contributed by atoms with Gasteiger partial charge in [-0.15, -0.1) is 0 Å². The molecule has 1 amide bonds. The lowest BCUT2D eigenvalue weighted by molar-refractivity contribution is 0.0945. The number of benzene rings is 1. The van der Waals surface area contributed by atoms with Gasteiger partial charge in [0.05, 0.1) is 12.4 Å². The van der Waals surface area contributed by atoms with Gasteiger partial charge in [0, 0.05) is 13.1 Å². The molecule has 0 spiro atoms. The molecular weight excluding hydrogens is 288 g/mol. The second-order valence-electron chi connectivity index (χ2n) is 6.06. The van der Waals surface area contributed by atoms with Crippen molar-refractivity contribution in [2.45, 2.75) is 33.7 Å². The monoisotopic (exact) mass is 312 g/mol. The summed E-state index contributed by atoms with van der Waals surface area (Å²) >= 11 is 0. The Labute approximate surface area is 137 Å². The van der Waals surface area contributed by atoms with Crippen LogP contribution in [0.1, 0.15) is 41.9 Å². The standard InChI is InChI=1S/C18H24N4O/c1-13(2)8-9-19-17-12-20-16(11-21-17)18(23)22-10-15-6-4-14(3)5-7-15/h4-7,11-13H,8-10H2,1-3H3,(H,19,21)(H,22,23). The molecule has 2 N–H and O–H groups in total. The van der Waals surface area contributed by atoms with Gasteiger partial charge < -0.3 is 10.6 Å². The van der Waals surface area contributed by atoms with Crippen molar-refractivity contribution in [1.82, 2.24) is 15.3 Å². The minimum Gasteiger partial charge on any atom is -0.369 e. The molecule has 0 saturated carbocycles. The number of carbonyl (C=O) groups is 1.